The van der Waals surface area contributed by atoms with Gasteiger partial charge in [0.15, 0.2) is 5.79 Å². The van der Waals surface area contributed by atoms with Crippen LogP contribution in [0.25, 0.3) is 0 Å². The highest BCUT2D eigenvalue weighted by molar-refractivity contribution is 5.56. The van der Waals surface area contributed by atoms with Crippen LogP contribution in [0, 0.1) is 0 Å². The molecule has 0 amide bonds. The largest absolute Gasteiger partial charge is 0.362 e. The van der Waals surface area contributed by atoms with Crippen LogP contribution in [0.1, 0.15) is 34.7 Å². The first-order chi connectivity index (χ1) is 15.0. The van der Waals surface area contributed by atoms with E-state index in [-0.39, 0.29) is 0 Å². The summed E-state index contributed by atoms with van der Waals surface area (Å²) in [7, 11) is 2.18. The van der Waals surface area contributed by atoms with Gasteiger partial charge in [0, 0.05) is 43.9 Å². The van der Waals surface area contributed by atoms with Gasteiger partial charge in [0.2, 0.25) is 0 Å². The van der Waals surface area contributed by atoms with Gasteiger partial charge in [-0.25, -0.2) is 0 Å². The third-order valence-electron chi connectivity index (χ3n) is 6.72. The zero-order chi connectivity index (χ0) is 21.5. The van der Waals surface area contributed by atoms with Gasteiger partial charge < -0.3 is 14.7 Å². The molecule has 0 spiro atoms. The summed E-state index contributed by atoms with van der Waals surface area (Å²) in [5.74, 6) is -1.37. The number of piperazine rings is 1. The van der Waals surface area contributed by atoms with Gasteiger partial charge in [-0.05, 0) is 30.7 Å². The molecule has 2 aliphatic heterocycles. The molecule has 0 radical (unpaired) electrons. The summed E-state index contributed by atoms with van der Waals surface area (Å²) >= 11 is 0. The Morgan fingerprint density at radius 3 is 2.06 bits per heavy atom. The molecule has 0 aliphatic carbocycles. The number of benzene rings is 3. The van der Waals surface area contributed by atoms with Gasteiger partial charge >= 0.3 is 0 Å². The van der Waals surface area contributed by atoms with Gasteiger partial charge in [-0.2, -0.15) is 0 Å². The van der Waals surface area contributed by atoms with Gasteiger partial charge in [0.25, 0.3) is 0 Å². The second kappa shape index (κ2) is 7.88. The zero-order valence-electron chi connectivity index (χ0n) is 18.3. The van der Waals surface area contributed by atoms with Gasteiger partial charge in [0.1, 0.15) is 5.60 Å². The lowest BCUT2D eigenvalue weighted by molar-refractivity contribution is -0.225. The number of rotatable bonds is 4. The normalized spacial score (nSPS) is 26.7. The molecule has 2 unspecified atom stereocenters. The first-order valence-electron chi connectivity index (χ1n) is 11.1. The number of nitrogens with zero attached hydrogens (tertiary/aromatic N) is 2. The predicted molar refractivity (Wildman–Crippen MR) is 123 cm³/mol. The molecule has 31 heavy (non-hydrogen) atoms. The number of fused-ring (bicyclic) bond motifs is 1. The molecular weight excluding hydrogens is 384 g/mol. The molecule has 4 nitrogen and oxygen atoms in total. The second-order valence-corrected chi connectivity index (χ2v) is 8.91. The number of aliphatic hydroxyl groups is 1. The number of likely N-dealkylation sites (N-methyl/N-ethyl adjacent to an activating group) is 1. The van der Waals surface area contributed by atoms with E-state index in [2.05, 4.69) is 59.3 Å². The quantitative estimate of drug-likeness (QED) is 0.702. The van der Waals surface area contributed by atoms with Crippen LogP contribution in [-0.2, 0) is 22.7 Å². The lowest BCUT2D eigenvalue weighted by Crippen LogP contribution is -2.44. The first-order valence-corrected chi connectivity index (χ1v) is 11.1. The fraction of sp³-hybridized carbons (Fsp3) is 0.333. The maximum Gasteiger partial charge on any atom is 0.191 e. The van der Waals surface area contributed by atoms with E-state index >= 15 is 0 Å². The molecule has 5 rings (SSSR count). The number of hydrogen-bond acceptors (Lipinski definition) is 4. The molecule has 1 saturated heterocycles. The molecule has 3 aromatic carbocycles. The van der Waals surface area contributed by atoms with Crippen molar-refractivity contribution in [3.63, 3.8) is 0 Å². The molecular formula is C27H30N2O2. The van der Waals surface area contributed by atoms with Crippen molar-refractivity contribution >= 4 is 0 Å². The Labute approximate surface area is 184 Å². The SMILES string of the molecule is CN1CCN(Cc2ccccc2C2(c3ccccc3)OC(C)(O)c3ccccc32)CC1. The highest BCUT2D eigenvalue weighted by Gasteiger charge is 2.53. The Morgan fingerprint density at radius 1 is 0.774 bits per heavy atom. The summed E-state index contributed by atoms with van der Waals surface area (Å²) in [4.78, 5) is 4.89. The molecule has 0 aromatic heterocycles. The number of hydrogen-bond donors (Lipinski definition) is 1. The van der Waals surface area contributed by atoms with E-state index in [9.17, 15) is 5.11 Å². The Kier molecular flexibility index (Phi) is 5.19. The highest BCUT2D eigenvalue weighted by atomic mass is 16.6. The summed E-state index contributed by atoms with van der Waals surface area (Å²) < 4.78 is 6.65. The van der Waals surface area contributed by atoms with E-state index < -0.39 is 11.4 Å². The predicted octanol–water partition coefficient (Wildman–Crippen LogP) is 3.92. The molecule has 1 fully saturated rings. The summed E-state index contributed by atoms with van der Waals surface area (Å²) in [5.41, 5.74) is 4.36. The zero-order valence-corrected chi connectivity index (χ0v) is 18.3. The monoisotopic (exact) mass is 414 g/mol. The van der Waals surface area contributed by atoms with Gasteiger partial charge in [-0.1, -0.05) is 78.9 Å². The van der Waals surface area contributed by atoms with E-state index in [0.717, 1.165) is 55.0 Å². The Bertz CT molecular complexity index is 1060. The lowest BCUT2D eigenvalue weighted by atomic mass is 9.77. The minimum atomic E-state index is -1.37. The molecule has 2 heterocycles. The standard InChI is InChI=1S/C27H30N2O2/c1-26(30)24-14-8-9-15-25(24)27(31-26,22-11-4-3-5-12-22)23-13-7-6-10-21(23)20-29-18-16-28(2)17-19-29/h3-15,30H,16-20H2,1-2H3. The minimum Gasteiger partial charge on any atom is -0.362 e. The van der Waals surface area contributed by atoms with Crippen molar-refractivity contribution in [1.82, 2.24) is 9.80 Å². The maximum absolute atomic E-state index is 11.3. The van der Waals surface area contributed by atoms with Crippen molar-refractivity contribution in [2.75, 3.05) is 33.2 Å². The summed E-state index contributed by atoms with van der Waals surface area (Å²) in [6, 6.07) is 26.9. The van der Waals surface area contributed by atoms with Crippen LogP contribution >= 0.6 is 0 Å². The molecule has 3 aromatic rings. The van der Waals surface area contributed by atoms with Crippen molar-refractivity contribution in [2.45, 2.75) is 24.9 Å². The Balaban J connectivity index is 1.67. The van der Waals surface area contributed by atoms with E-state index in [0.29, 0.717) is 0 Å². The molecule has 0 bridgehead atoms. The van der Waals surface area contributed by atoms with Gasteiger partial charge in [-0.15, -0.1) is 0 Å². The maximum atomic E-state index is 11.3. The van der Waals surface area contributed by atoms with Crippen LogP contribution in [0.2, 0.25) is 0 Å². The van der Waals surface area contributed by atoms with Crippen LogP contribution in [-0.4, -0.2) is 48.1 Å². The Hall–Kier alpha value is -2.50. The van der Waals surface area contributed by atoms with E-state index in [4.69, 9.17) is 4.74 Å². The van der Waals surface area contributed by atoms with Crippen molar-refractivity contribution in [3.8, 4) is 0 Å². The van der Waals surface area contributed by atoms with E-state index in [1.54, 1.807) is 6.92 Å². The summed E-state index contributed by atoms with van der Waals surface area (Å²) in [6.45, 7) is 6.89. The average molecular weight is 415 g/mol. The van der Waals surface area contributed by atoms with Crippen molar-refractivity contribution in [2.24, 2.45) is 0 Å². The van der Waals surface area contributed by atoms with Crippen LogP contribution in [0.5, 0.6) is 0 Å². The molecule has 2 atom stereocenters. The van der Waals surface area contributed by atoms with Crippen molar-refractivity contribution in [3.05, 3.63) is 107 Å². The smallest absolute Gasteiger partial charge is 0.191 e. The number of ether oxygens (including phenoxy) is 1. The van der Waals surface area contributed by atoms with Gasteiger partial charge in [-0.3, -0.25) is 4.90 Å². The highest BCUT2D eigenvalue weighted by Crippen LogP contribution is 2.53. The minimum absolute atomic E-state index is 0.827. The third-order valence-corrected chi connectivity index (χ3v) is 6.72. The van der Waals surface area contributed by atoms with Crippen LogP contribution in [0.4, 0.5) is 0 Å². The molecule has 0 saturated carbocycles. The van der Waals surface area contributed by atoms with E-state index in [1.165, 1.54) is 5.56 Å². The lowest BCUT2D eigenvalue weighted by Gasteiger charge is -2.37. The average Bonchev–Trinajstić information content (AvgIpc) is 3.05. The summed E-state index contributed by atoms with van der Waals surface area (Å²) in [5, 5.41) is 11.3. The third kappa shape index (κ3) is 3.50. The fourth-order valence-corrected chi connectivity index (χ4v) is 5.09. The van der Waals surface area contributed by atoms with Crippen molar-refractivity contribution < 1.29 is 9.84 Å². The van der Waals surface area contributed by atoms with Crippen LogP contribution in [0.3, 0.4) is 0 Å². The fourth-order valence-electron chi connectivity index (χ4n) is 5.09. The molecule has 4 heteroatoms. The van der Waals surface area contributed by atoms with Crippen LogP contribution in [0.15, 0.2) is 78.9 Å². The summed E-state index contributed by atoms with van der Waals surface area (Å²) in [6.07, 6.45) is 0. The topological polar surface area (TPSA) is 35.9 Å². The first kappa shape index (κ1) is 20.4. The van der Waals surface area contributed by atoms with Gasteiger partial charge in [0.05, 0.1) is 0 Å². The molecule has 2 aliphatic rings. The molecule has 1 N–H and O–H groups in total. The molecule has 160 valence electrons. The van der Waals surface area contributed by atoms with Crippen LogP contribution < -0.4 is 0 Å². The van der Waals surface area contributed by atoms with Crippen molar-refractivity contribution in [1.29, 1.82) is 0 Å². The Morgan fingerprint density at radius 2 is 1.35 bits per heavy atom. The second-order valence-electron chi connectivity index (χ2n) is 8.91. The van der Waals surface area contributed by atoms with E-state index in [1.807, 2.05) is 36.4 Å².